The third-order valence-electron chi connectivity index (χ3n) is 3.84. The predicted molar refractivity (Wildman–Crippen MR) is 92.9 cm³/mol. The molecule has 0 heterocycles. The van der Waals surface area contributed by atoms with E-state index >= 15 is 0 Å². The molecule has 0 saturated heterocycles. The van der Waals surface area contributed by atoms with Gasteiger partial charge in [-0.05, 0) is 26.0 Å². The second-order valence-electron chi connectivity index (χ2n) is 5.72. The highest BCUT2D eigenvalue weighted by Gasteiger charge is 2.13. The fourth-order valence-corrected chi connectivity index (χ4v) is 2.44. The van der Waals surface area contributed by atoms with Crippen molar-refractivity contribution in [3.63, 3.8) is 0 Å². The minimum atomic E-state index is 0.0159. The summed E-state index contributed by atoms with van der Waals surface area (Å²) in [6, 6.07) is 15.9. The molecule has 0 aliphatic carbocycles. The van der Waals surface area contributed by atoms with Crippen LogP contribution in [-0.4, -0.2) is 26.1 Å². The number of quaternary nitrogens is 1. The molecule has 0 saturated carbocycles. The van der Waals surface area contributed by atoms with Crippen molar-refractivity contribution in [2.45, 2.75) is 20.4 Å². The molecular formula is C19H25N2O2+. The lowest BCUT2D eigenvalue weighted by Crippen LogP contribution is -3.11. The van der Waals surface area contributed by atoms with E-state index in [4.69, 9.17) is 4.74 Å². The van der Waals surface area contributed by atoms with Crippen LogP contribution in [0.4, 0.5) is 5.69 Å². The van der Waals surface area contributed by atoms with Gasteiger partial charge in [-0.1, -0.05) is 35.9 Å². The number of carbonyl (C=O) groups excluding carboxylic acids is 1. The lowest BCUT2D eigenvalue weighted by molar-refractivity contribution is -0.903. The summed E-state index contributed by atoms with van der Waals surface area (Å²) in [5.74, 6) is 0.754. The first-order chi connectivity index (χ1) is 11.1. The summed E-state index contributed by atoms with van der Waals surface area (Å²) < 4.78 is 5.17. The topological polar surface area (TPSA) is 42.8 Å². The van der Waals surface area contributed by atoms with Crippen molar-refractivity contribution in [1.82, 2.24) is 0 Å². The Morgan fingerprint density at radius 1 is 1.17 bits per heavy atom. The number of ether oxygens (including phenoxy) is 1. The second-order valence-corrected chi connectivity index (χ2v) is 5.72. The van der Waals surface area contributed by atoms with Gasteiger partial charge in [-0.3, -0.25) is 4.79 Å². The Morgan fingerprint density at radius 2 is 1.91 bits per heavy atom. The van der Waals surface area contributed by atoms with E-state index in [2.05, 4.69) is 43.4 Å². The zero-order valence-electron chi connectivity index (χ0n) is 14.1. The average molecular weight is 313 g/mol. The Hall–Kier alpha value is -2.33. The molecule has 2 rings (SSSR count). The molecule has 0 radical (unpaired) electrons. The van der Waals surface area contributed by atoms with Crippen LogP contribution in [0.15, 0.2) is 48.5 Å². The van der Waals surface area contributed by atoms with Crippen LogP contribution in [-0.2, 0) is 11.3 Å². The van der Waals surface area contributed by atoms with Crippen molar-refractivity contribution in [2.75, 3.05) is 25.5 Å². The van der Waals surface area contributed by atoms with Crippen molar-refractivity contribution < 1.29 is 14.4 Å². The summed E-state index contributed by atoms with van der Waals surface area (Å²) in [5, 5.41) is 2.94. The van der Waals surface area contributed by atoms with Crippen LogP contribution >= 0.6 is 0 Å². The molecule has 2 N–H and O–H groups in total. The van der Waals surface area contributed by atoms with Gasteiger partial charge in [-0.25, -0.2) is 0 Å². The lowest BCUT2D eigenvalue weighted by Gasteiger charge is -2.17. The van der Waals surface area contributed by atoms with E-state index in [1.807, 2.05) is 24.3 Å². The Kier molecular flexibility index (Phi) is 6.18. The second kappa shape index (κ2) is 8.34. The van der Waals surface area contributed by atoms with Gasteiger partial charge in [0.05, 0.1) is 13.7 Å². The number of hydrogen-bond donors (Lipinski definition) is 2. The number of nitrogens with one attached hydrogen (secondary N) is 2. The Morgan fingerprint density at radius 3 is 2.57 bits per heavy atom. The zero-order valence-corrected chi connectivity index (χ0v) is 14.1. The van der Waals surface area contributed by atoms with Gasteiger partial charge in [-0.2, -0.15) is 0 Å². The fourth-order valence-electron chi connectivity index (χ4n) is 2.44. The minimum absolute atomic E-state index is 0.0159. The number of rotatable bonds is 7. The molecular weight excluding hydrogens is 288 g/mol. The number of carbonyl (C=O) groups is 1. The SMILES string of the molecule is CC[NH+](CC(=O)Nc1cccc(OC)c1)Cc1ccc(C)cc1. The predicted octanol–water partition coefficient (Wildman–Crippen LogP) is 2.05. The van der Waals surface area contributed by atoms with Crippen LogP contribution in [0.2, 0.25) is 0 Å². The molecule has 4 heteroatoms. The van der Waals surface area contributed by atoms with Gasteiger partial charge in [0, 0.05) is 17.3 Å². The van der Waals surface area contributed by atoms with Gasteiger partial charge < -0.3 is 15.0 Å². The van der Waals surface area contributed by atoms with Crippen LogP contribution in [0, 0.1) is 6.92 Å². The molecule has 1 amide bonds. The average Bonchev–Trinajstić information content (AvgIpc) is 2.56. The molecule has 0 spiro atoms. The fraction of sp³-hybridized carbons (Fsp3) is 0.316. The van der Waals surface area contributed by atoms with Gasteiger partial charge >= 0.3 is 0 Å². The maximum Gasteiger partial charge on any atom is 0.279 e. The highest BCUT2D eigenvalue weighted by molar-refractivity contribution is 5.91. The summed E-state index contributed by atoms with van der Waals surface area (Å²) in [6.45, 7) is 6.38. The maximum atomic E-state index is 12.3. The zero-order chi connectivity index (χ0) is 16.7. The van der Waals surface area contributed by atoms with Crippen LogP contribution in [0.25, 0.3) is 0 Å². The van der Waals surface area contributed by atoms with Crippen LogP contribution in [0.3, 0.4) is 0 Å². The Balaban J connectivity index is 1.92. The molecule has 4 nitrogen and oxygen atoms in total. The number of aryl methyl sites for hydroxylation is 1. The van der Waals surface area contributed by atoms with Crippen molar-refractivity contribution >= 4 is 11.6 Å². The van der Waals surface area contributed by atoms with E-state index in [0.29, 0.717) is 6.54 Å². The normalized spacial score (nSPS) is 11.8. The van der Waals surface area contributed by atoms with E-state index in [1.54, 1.807) is 7.11 Å². The first kappa shape index (κ1) is 17.0. The standard InChI is InChI=1S/C19H24N2O2/c1-4-21(13-16-10-8-15(2)9-11-16)14-19(22)20-17-6-5-7-18(12-17)23-3/h5-12H,4,13-14H2,1-3H3,(H,20,22)/p+1. The van der Waals surface area contributed by atoms with Gasteiger partial charge in [0.15, 0.2) is 6.54 Å². The number of amides is 1. The molecule has 0 bridgehead atoms. The molecule has 1 unspecified atom stereocenters. The summed E-state index contributed by atoms with van der Waals surface area (Å²) in [5.41, 5.74) is 3.27. The van der Waals surface area contributed by atoms with E-state index in [9.17, 15) is 4.79 Å². The number of hydrogen-bond acceptors (Lipinski definition) is 2. The van der Waals surface area contributed by atoms with Gasteiger partial charge in [0.2, 0.25) is 0 Å². The van der Waals surface area contributed by atoms with E-state index in [0.717, 1.165) is 24.5 Å². The maximum absolute atomic E-state index is 12.3. The van der Waals surface area contributed by atoms with Crippen molar-refractivity contribution in [3.8, 4) is 5.75 Å². The molecule has 2 aromatic carbocycles. The highest BCUT2D eigenvalue weighted by Crippen LogP contribution is 2.16. The van der Waals surface area contributed by atoms with Crippen molar-refractivity contribution in [2.24, 2.45) is 0 Å². The molecule has 122 valence electrons. The summed E-state index contributed by atoms with van der Waals surface area (Å²) in [6.07, 6.45) is 0. The lowest BCUT2D eigenvalue weighted by atomic mass is 10.1. The first-order valence-electron chi connectivity index (χ1n) is 7.93. The van der Waals surface area contributed by atoms with Crippen LogP contribution in [0.5, 0.6) is 5.75 Å². The molecule has 0 aromatic heterocycles. The summed E-state index contributed by atoms with van der Waals surface area (Å²) >= 11 is 0. The van der Waals surface area contributed by atoms with E-state index in [1.165, 1.54) is 16.0 Å². The number of methoxy groups -OCH3 is 1. The monoisotopic (exact) mass is 313 g/mol. The highest BCUT2D eigenvalue weighted by atomic mass is 16.5. The smallest absolute Gasteiger partial charge is 0.279 e. The molecule has 0 aliphatic heterocycles. The summed E-state index contributed by atoms with van der Waals surface area (Å²) in [7, 11) is 1.62. The summed E-state index contributed by atoms with van der Waals surface area (Å²) in [4.78, 5) is 13.5. The Labute approximate surface area is 138 Å². The quantitative estimate of drug-likeness (QED) is 0.821. The van der Waals surface area contributed by atoms with Gasteiger partial charge in [0.1, 0.15) is 12.3 Å². The number of likely N-dealkylation sites (N-methyl/N-ethyl adjacent to an activating group) is 1. The van der Waals surface area contributed by atoms with Crippen LogP contribution < -0.4 is 15.0 Å². The Bertz CT molecular complexity index is 638. The molecule has 23 heavy (non-hydrogen) atoms. The molecule has 1 atom stereocenters. The van der Waals surface area contributed by atoms with Crippen molar-refractivity contribution in [3.05, 3.63) is 59.7 Å². The van der Waals surface area contributed by atoms with E-state index in [-0.39, 0.29) is 5.91 Å². The van der Waals surface area contributed by atoms with Gasteiger partial charge in [0.25, 0.3) is 5.91 Å². The first-order valence-corrected chi connectivity index (χ1v) is 7.93. The molecule has 0 fully saturated rings. The van der Waals surface area contributed by atoms with Gasteiger partial charge in [-0.15, -0.1) is 0 Å². The van der Waals surface area contributed by atoms with Crippen LogP contribution in [0.1, 0.15) is 18.1 Å². The number of anilines is 1. The van der Waals surface area contributed by atoms with Crippen molar-refractivity contribution in [1.29, 1.82) is 0 Å². The third-order valence-corrected chi connectivity index (χ3v) is 3.84. The molecule has 2 aromatic rings. The molecule has 0 aliphatic rings. The largest absolute Gasteiger partial charge is 0.497 e. The number of benzene rings is 2. The third kappa shape index (κ3) is 5.42. The minimum Gasteiger partial charge on any atom is -0.497 e. The van der Waals surface area contributed by atoms with E-state index < -0.39 is 0 Å².